The van der Waals surface area contributed by atoms with Gasteiger partial charge in [0.1, 0.15) is 5.69 Å². The number of hydrogen-bond donors (Lipinski definition) is 1. The van der Waals surface area contributed by atoms with Gasteiger partial charge in [0.05, 0.1) is 19.5 Å². The minimum absolute atomic E-state index is 0.407. The lowest BCUT2D eigenvalue weighted by Gasteiger charge is -1.97. The Balaban J connectivity index is 2.41. The Hall–Kier alpha value is -2.43. The molecule has 0 unspecified atom stereocenters. The van der Waals surface area contributed by atoms with Crippen molar-refractivity contribution in [2.24, 2.45) is 10.2 Å². The van der Waals surface area contributed by atoms with Crippen molar-refractivity contribution in [2.45, 2.75) is 0 Å². The molecular formula is C12H9N3O2. The van der Waals surface area contributed by atoms with Gasteiger partial charge in [-0.3, -0.25) is 0 Å². The Morgan fingerprint density at radius 3 is 2.94 bits per heavy atom. The van der Waals surface area contributed by atoms with Gasteiger partial charge < -0.3 is 9.72 Å². The van der Waals surface area contributed by atoms with Crippen LogP contribution in [0.5, 0.6) is 0 Å². The van der Waals surface area contributed by atoms with Gasteiger partial charge in [-0.25, -0.2) is 4.79 Å². The summed E-state index contributed by atoms with van der Waals surface area (Å²) < 4.78 is 4.74. The second-order valence-corrected chi connectivity index (χ2v) is 3.66. The number of aromatic nitrogens is 1. The van der Waals surface area contributed by atoms with Gasteiger partial charge >= 0.3 is 5.97 Å². The highest BCUT2D eigenvalue weighted by Crippen LogP contribution is 2.25. The fourth-order valence-corrected chi connectivity index (χ4v) is 1.99. The van der Waals surface area contributed by atoms with Crippen LogP contribution in [-0.4, -0.2) is 30.5 Å². The second kappa shape index (κ2) is 3.55. The second-order valence-electron chi connectivity index (χ2n) is 3.66. The van der Waals surface area contributed by atoms with Crippen LogP contribution in [0.2, 0.25) is 0 Å². The third-order valence-corrected chi connectivity index (χ3v) is 2.73. The van der Waals surface area contributed by atoms with Gasteiger partial charge in [0.15, 0.2) is 0 Å². The number of carbonyl (C=O) groups excluding carboxylic acids is 1. The quantitative estimate of drug-likeness (QED) is 0.754. The number of aromatic amines is 1. The molecule has 2 heterocycles. The highest BCUT2D eigenvalue weighted by atomic mass is 16.5. The Morgan fingerprint density at radius 1 is 1.29 bits per heavy atom. The van der Waals surface area contributed by atoms with Crippen LogP contribution in [0.15, 0.2) is 28.4 Å². The first-order valence-electron chi connectivity index (χ1n) is 5.10. The molecule has 0 amide bonds. The monoisotopic (exact) mass is 227 g/mol. The standard InChI is InChI=1S/C12H9N3O2/c1-17-12(16)11-8-6-14-13-5-7-3-2-4-9(15-11)10(7)8/h2-6,15H,1H3. The van der Waals surface area contributed by atoms with E-state index in [1.807, 2.05) is 18.2 Å². The number of nitrogens with zero attached hydrogens (tertiary/aromatic N) is 2. The molecule has 0 saturated carbocycles. The van der Waals surface area contributed by atoms with Crippen LogP contribution >= 0.6 is 0 Å². The van der Waals surface area contributed by atoms with E-state index in [1.54, 1.807) is 12.4 Å². The summed E-state index contributed by atoms with van der Waals surface area (Å²) in [5.41, 5.74) is 2.93. The molecule has 0 bridgehead atoms. The van der Waals surface area contributed by atoms with Gasteiger partial charge in [0.2, 0.25) is 0 Å². The SMILES string of the molecule is COC(=O)c1[nH]c2cccc3c2c1C=NN=C3. The lowest BCUT2D eigenvalue weighted by Crippen LogP contribution is -2.04. The highest BCUT2D eigenvalue weighted by Gasteiger charge is 2.19. The summed E-state index contributed by atoms with van der Waals surface area (Å²) in [4.78, 5) is 14.7. The fraction of sp³-hybridized carbons (Fsp3) is 0.0833. The van der Waals surface area contributed by atoms with Gasteiger partial charge in [-0.05, 0) is 6.07 Å². The van der Waals surface area contributed by atoms with Crippen molar-refractivity contribution in [3.05, 3.63) is 35.0 Å². The first-order valence-corrected chi connectivity index (χ1v) is 5.10. The lowest BCUT2D eigenvalue weighted by atomic mass is 10.1. The average molecular weight is 227 g/mol. The maximum absolute atomic E-state index is 11.7. The number of H-pyrrole nitrogens is 1. The van der Waals surface area contributed by atoms with E-state index in [9.17, 15) is 4.79 Å². The van der Waals surface area contributed by atoms with Crippen LogP contribution in [0.3, 0.4) is 0 Å². The van der Waals surface area contributed by atoms with Gasteiger partial charge in [0.25, 0.3) is 0 Å². The Labute approximate surface area is 96.8 Å². The van der Waals surface area contributed by atoms with E-state index in [0.29, 0.717) is 5.69 Å². The van der Waals surface area contributed by atoms with Crippen molar-refractivity contribution >= 4 is 29.3 Å². The van der Waals surface area contributed by atoms with Crippen molar-refractivity contribution in [1.29, 1.82) is 0 Å². The number of ether oxygens (including phenoxy) is 1. The molecule has 5 nitrogen and oxygen atoms in total. The van der Waals surface area contributed by atoms with Crippen molar-refractivity contribution in [1.82, 2.24) is 4.98 Å². The summed E-state index contributed by atoms with van der Waals surface area (Å²) in [6.45, 7) is 0. The van der Waals surface area contributed by atoms with Crippen LogP contribution in [0, 0.1) is 0 Å². The smallest absolute Gasteiger partial charge is 0.355 e. The van der Waals surface area contributed by atoms with Crippen LogP contribution in [0.25, 0.3) is 10.9 Å². The highest BCUT2D eigenvalue weighted by molar-refractivity contribution is 6.14. The average Bonchev–Trinajstić information content (AvgIpc) is 2.58. The third-order valence-electron chi connectivity index (χ3n) is 2.73. The van der Waals surface area contributed by atoms with Crippen LogP contribution in [0.4, 0.5) is 0 Å². The zero-order chi connectivity index (χ0) is 11.8. The van der Waals surface area contributed by atoms with E-state index in [0.717, 1.165) is 22.0 Å². The van der Waals surface area contributed by atoms with Crippen LogP contribution in [0.1, 0.15) is 21.6 Å². The van der Waals surface area contributed by atoms with Crippen LogP contribution < -0.4 is 0 Å². The molecule has 17 heavy (non-hydrogen) atoms. The van der Waals surface area contributed by atoms with Crippen molar-refractivity contribution < 1.29 is 9.53 Å². The van der Waals surface area contributed by atoms with E-state index in [4.69, 9.17) is 4.74 Å². The molecule has 3 rings (SSSR count). The van der Waals surface area contributed by atoms with Crippen molar-refractivity contribution in [2.75, 3.05) is 7.11 Å². The number of rotatable bonds is 1. The van der Waals surface area contributed by atoms with E-state index in [1.165, 1.54) is 7.11 Å². The third kappa shape index (κ3) is 1.36. The molecule has 1 N–H and O–H groups in total. The number of benzene rings is 1. The first kappa shape index (κ1) is 9.77. The molecule has 1 aromatic carbocycles. The van der Waals surface area contributed by atoms with E-state index in [2.05, 4.69) is 15.2 Å². The molecule has 0 radical (unpaired) electrons. The minimum Gasteiger partial charge on any atom is -0.464 e. The topological polar surface area (TPSA) is 66.8 Å². The largest absolute Gasteiger partial charge is 0.464 e. The Morgan fingerprint density at radius 2 is 2.12 bits per heavy atom. The van der Waals surface area contributed by atoms with Gasteiger partial charge in [-0.1, -0.05) is 12.1 Å². The molecular weight excluding hydrogens is 218 g/mol. The predicted molar refractivity (Wildman–Crippen MR) is 64.8 cm³/mol. The number of nitrogens with one attached hydrogen (secondary N) is 1. The normalized spacial score (nSPS) is 12.8. The van der Waals surface area contributed by atoms with Crippen molar-refractivity contribution in [3.63, 3.8) is 0 Å². The Bertz CT molecular complexity index is 668. The lowest BCUT2D eigenvalue weighted by molar-refractivity contribution is 0.0595. The zero-order valence-electron chi connectivity index (χ0n) is 9.10. The van der Waals surface area contributed by atoms with E-state index >= 15 is 0 Å². The van der Waals surface area contributed by atoms with Gasteiger partial charge in [-0.15, -0.1) is 0 Å². The predicted octanol–water partition coefficient (Wildman–Crippen LogP) is 1.72. The molecule has 0 saturated heterocycles. The molecule has 0 spiro atoms. The number of esters is 1. The van der Waals surface area contributed by atoms with Gasteiger partial charge in [0, 0.05) is 22.0 Å². The Kier molecular flexibility index (Phi) is 2.04. The molecule has 1 aliphatic heterocycles. The van der Waals surface area contributed by atoms with E-state index < -0.39 is 5.97 Å². The zero-order valence-corrected chi connectivity index (χ0v) is 9.10. The van der Waals surface area contributed by atoms with Crippen molar-refractivity contribution in [3.8, 4) is 0 Å². The maximum Gasteiger partial charge on any atom is 0.355 e. The van der Waals surface area contributed by atoms with E-state index in [-0.39, 0.29) is 0 Å². The molecule has 0 fully saturated rings. The molecule has 1 aliphatic rings. The van der Waals surface area contributed by atoms with Gasteiger partial charge in [-0.2, -0.15) is 10.2 Å². The maximum atomic E-state index is 11.7. The van der Waals surface area contributed by atoms with Crippen LogP contribution in [-0.2, 0) is 4.74 Å². The molecule has 5 heteroatoms. The molecule has 0 aliphatic carbocycles. The summed E-state index contributed by atoms with van der Waals surface area (Å²) >= 11 is 0. The minimum atomic E-state index is -0.407. The molecule has 0 atom stereocenters. The number of hydrogen-bond acceptors (Lipinski definition) is 4. The summed E-state index contributed by atoms with van der Waals surface area (Å²) in [5.74, 6) is -0.407. The summed E-state index contributed by atoms with van der Waals surface area (Å²) in [6, 6.07) is 5.73. The fourth-order valence-electron chi connectivity index (χ4n) is 1.99. The first-order chi connectivity index (χ1) is 8.31. The number of methoxy groups -OCH3 is 1. The molecule has 1 aromatic heterocycles. The summed E-state index contributed by atoms with van der Waals surface area (Å²) in [7, 11) is 1.35. The number of carbonyl (C=O) groups is 1. The summed E-state index contributed by atoms with van der Waals surface area (Å²) in [5, 5.41) is 8.71. The molecule has 84 valence electrons. The molecule has 2 aromatic rings. The summed E-state index contributed by atoms with van der Waals surface area (Å²) in [6.07, 6.45) is 3.24.